The van der Waals surface area contributed by atoms with Crippen molar-refractivity contribution in [1.29, 1.82) is 0 Å². The first-order valence-electron chi connectivity index (χ1n) is 6.74. The normalized spacial score (nSPS) is 12.3. The molecule has 0 aromatic heterocycles. The highest BCUT2D eigenvalue weighted by molar-refractivity contribution is 9.10. The van der Waals surface area contributed by atoms with Crippen LogP contribution in [0.25, 0.3) is 0 Å². The molecule has 112 valence electrons. The van der Waals surface area contributed by atoms with Crippen molar-refractivity contribution in [3.05, 3.63) is 62.9 Å². The maximum Gasteiger partial charge on any atom is 0.124 e. The van der Waals surface area contributed by atoms with Crippen LogP contribution in [-0.4, -0.2) is 14.2 Å². The minimum atomic E-state index is -0.261. The molecule has 0 aliphatic carbocycles. The molecule has 0 spiro atoms. The van der Waals surface area contributed by atoms with Gasteiger partial charge in [0.2, 0.25) is 0 Å². The Bertz CT molecular complexity index is 637. The van der Waals surface area contributed by atoms with Crippen LogP contribution < -0.4 is 10.1 Å². The molecule has 1 N–H and O–H groups in total. The van der Waals surface area contributed by atoms with Gasteiger partial charge < -0.3 is 10.1 Å². The molecule has 21 heavy (non-hydrogen) atoms. The van der Waals surface area contributed by atoms with Crippen LogP contribution in [0.1, 0.15) is 28.3 Å². The molecular weight excluding hydrogens is 333 g/mol. The molecule has 2 nitrogen and oxygen atoms in total. The molecule has 0 amide bonds. The third-order valence-electron chi connectivity index (χ3n) is 3.51. The quantitative estimate of drug-likeness (QED) is 0.873. The Kier molecular flexibility index (Phi) is 5.01. The van der Waals surface area contributed by atoms with Crippen LogP contribution in [0, 0.1) is 19.7 Å². The monoisotopic (exact) mass is 351 g/mol. The molecule has 0 saturated heterocycles. The Balaban J connectivity index is 2.61. The van der Waals surface area contributed by atoms with E-state index in [1.54, 1.807) is 13.2 Å². The van der Waals surface area contributed by atoms with Gasteiger partial charge in [0.25, 0.3) is 0 Å². The van der Waals surface area contributed by atoms with Crippen molar-refractivity contribution < 1.29 is 9.13 Å². The second kappa shape index (κ2) is 6.58. The number of benzene rings is 2. The van der Waals surface area contributed by atoms with Crippen LogP contribution in [0.15, 0.2) is 34.8 Å². The first-order valence-corrected chi connectivity index (χ1v) is 7.54. The number of rotatable bonds is 4. The molecule has 4 heteroatoms. The number of aryl methyl sites for hydroxylation is 2. The minimum Gasteiger partial charge on any atom is -0.496 e. The summed E-state index contributed by atoms with van der Waals surface area (Å²) in [4.78, 5) is 0. The lowest BCUT2D eigenvalue weighted by molar-refractivity contribution is 0.404. The fourth-order valence-electron chi connectivity index (χ4n) is 2.70. The molecule has 0 bridgehead atoms. The largest absolute Gasteiger partial charge is 0.496 e. The highest BCUT2D eigenvalue weighted by Gasteiger charge is 2.20. The summed E-state index contributed by atoms with van der Waals surface area (Å²) in [6.07, 6.45) is 0. The fourth-order valence-corrected chi connectivity index (χ4v) is 3.18. The Morgan fingerprint density at radius 1 is 1.14 bits per heavy atom. The van der Waals surface area contributed by atoms with Gasteiger partial charge in [-0.3, -0.25) is 0 Å². The average Bonchev–Trinajstić information content (AvgIpc) is 2.40. The van der Waals surface area contributed by atoms with Gasteiger partial charge in [-0.2, -0.15) is 0 Å². The van der Waals surface area contributed by atoms with Gasteiger partial charge in [-0.15, -0.1) is 0 Å². The summed E-state index contributed by atoms with van der Waals surface area (Å²) in [6.45, 7) is 4.08. The van der Waals surface area contributed by atoms with E-state index in [0.29, 0.717) is 0 Å². The molecule has 0 heterocycles. The molecule has 1 atom stereocenters. The van der Waals surface area contributed by atoms with Gasteiger partial charge in [0.05, 0.1) is 13.2 Å². The molecule has 0 aliphatic rings. The molecule has 0 saturated carbocycles. The maximum atomic E-state index is 13.7. The summed E-state index contributed by atoms with van der Waals surface area (Å²) in [6, 6.07) is 8.90. The van der Waals surface area contributed by atoms with Crippen molar-refractivity contribution in [2.75, 3.05) is 14.2 Å². The van der Waals surface area contributed by atoms with Crippen LogP contribution in [0.5, 0.6) is 5.75 Å². The van der Waals surface area contributed by atoms with E-state index in [-0.39, 0.29) is 11.9 Å². The predicted octanol–water partition coefficient (Wildman–Crippen LogP) is 4.52. The van der Waals surface area contributed by atoms with E-state index >= 15 is 0 Å². The first kappa shape index (κ1) is 16.0. The van der Waals surface area contributed by atoms with E-state index in [4.69, 9.17) is 4.74 Å². The summed E-state index contributed by atoms with van der Waals surface area (Å²) in [5.74, 6) is 0.551. The molecule has 2 rings (SSSR count). The van der Waals surface area contributed by atoms with Crippen molar-refractivity contribution in [3.63, 3.8) is 0 Å². The van der Waals surface area contributed by atoms with Crippen LogP contribution >= 0.6 is 15.9 Å². The van der Waals surface area contributed by atoms with Gasteiger partial charge in [-0.25, -0.2) is 4.39 Å². The van der Waals surface area contributed by atoms with Crippen molar-refractivity contribution >= 4 is 15.9 Å². The second-order valence-electron chi connectivity index (χ2n) is 5.12. The second-order valence-corrected chi connectivity index (χ2v) is 6.04. The summed E-state index contributed by atoms with van der Waals surface area (Å²) >= 11 is 3.35. The maximum absolute atomic E-state index is 13.7. The van der Waals surface area contributed by atoms with Crippen LogP contribution in [0.2, 0.25) is 0 Å². The smallest absolute Gasteiger partial charge is 0.124 e. The zero-order valence-corrected chi connectivity index (χ0v) is 14.2. The van der Waals surface area contributed by atoms with E-state index in [2.05, 4.69) is 27.3 Å². The topological polar surface area (TPSA) is 21.3 Å². The zero-order valence-electron chi connectivity index (χ0n) is 12.6. The standard InChI is InChI=1S/C17H19BrFNO/c1-10-5-11(2)16(15(6-10)21-4)17(20-3)12-7-13(18)9-14(19)8-12/h5-9,17,20H,1-4H3. The molecule has 0 aliphatic heterocycles. The minimum absolute atomic E-state index is 0.132. The highest BCUT2D eigenvalue weighted by atomic mass is 79.9. The van der Waals surface area contributed by atoms with Gasteiger partial charge in [0.15, 0.2) is 0 Å². The lowest BCUT2D eigenvalue weighted by atomic mass is 9.93. The Morgan fingerprint density at radius 3 is 2.43 bits per heavy atom. The number of nitrogens with one attached hydrogen (secondary N) is 1. The summed E-state index contributed by atoms with van der Waals surface area (Å²) in [7, 11) is 3.52. The van der Waals surface area contributed by atoms with E-state index in [1.165, 1.54) is 6.07 Å². The number of methoxy groups -OCH3 is 1. The number of halogens is 2. The average molecular weight is 352 g/mol. The Labute approximate surface area is 133 Å². The number of hydrogen-bond donors (Lipinski definition) is 1. The third kappa shape index (κ3) is 3.44. The third-order valence-corrected chi connectivity index (χ3v) is 3.97. The summed E-state index contributed by atoms with van der Waals surface area (Å²) < 4.78 is 19.9. The fraction of sp³-hybridized carbons (Fsp3) is 0.294. The number of ether oxygens (including phenoxy) is 1. The Morgan fingerprint density at radius 2 is 1.86 bits per heavy atom. The molecule has 1 unspecified atom stereocenters. The van der Waals surface area contributed by atoms with Crippen molar-refractivity contribution in [2.24, 2.45) is 0 Å². The van der Waals surface area contributed by atoms with E-state index in [9.17, 15) is 4.39 Å². The molecule has 0 radical (unpaired) electrons. The highest BCUT2D eigenvalue weighted by Crippen LogP contribution is 2.34. The van der Waals surface area contributed by atoms with Gasteiger partial charge in [-0.05, 0) is 61.9 Å². The summed E-state index contributed by atoms with van der Waals surface area (Å²) in [5.41, 5.74) is 4.15. The van der Waals surface area contributed by atoms with Gasteiger partial charge in [0, 0.05) is 10.0 Å². The van der Waals surface area contributed by atoms with E-state index in [0.717, 1.165) is 32.5 Å². The van der Waals surface area contributed by atoms with E-state index < -0.39 is 0 Å². The molecule has 0 fully saturated rings. The SMILES string of the molecule is CNC(c1cc(F)cc(Br)c1)c1c(C)cc(C)cc1OC. The first-order chi connectivity index (χ1) is 9.96. The van der Waals surface area contributed by atoms with Gasteiger partial charge >= 0.3 is 0 Å². The lowest BCUT2D eigenvalue weighted by Gasteiger charge is -2.23. The Hall–Kier alpha value is -1.39. The van der Waals surface area contributed by atoms with Crippen LogP contribution in [0.4, 0.5) is 4.39 Å². The molecule has 2 aromatic carbocycles. The van der Waals surface area contributed by atoms with Crippen LogP contribution in [-0.2, 0) is 0 Å². The van der Waals surface area contributed by atoms with Gasteiger partial charge in [0.1, 0.15) is 11.6 Å². The lowest BCUT2D eigenvalue weighted by Crippen LogP contribution is -2.20. The zero-order chi connectivity index (χ0) is 15.6. The van der Waals surface area contributed by atoms with E-state index in [1.807, 2.05) is 33.0 Å². The van der Waals surface area contributed by atoms with Crippen molar-refractivity contribution in [1.82, 2.24) is 5.32 Å². The van der Waals surface area contributed by atoms with Gasteiger partial charge in [-0.1, -0.05) is 22.0 Å². The van der Waals surface area contributed by atoms with Crippen LogP contribution in [0.3, 0.4) is 0 Å². The number of hydrogen-bond acceptors (Lipinski definition) is 2. The van der Waals surface area contributed by atoms with Crippen molar-refractivity contribution in [3.8, 4) is 5.75 Å². The molecule has 2 aromatic rings. The van der Waals surface area contributed by atoms with Crippen molar-refractivity contribution in [2.45, 2.75) is 19.9 Å². The molecular formula is C17H19BrFNO. The predicted molar refractivity (Wildman–Crippen MR) is 87.5 cm³/mol. The summed E-state index contributed by atoms with van der Waals surface area (Å²) in [5, 5.41) is 3.26.